The van der Waals surface area contributed by atoms with E-state index in [1.807, 2.05) is 12.5 Å². The van der Waals surface area contributed by atoms with E-state index in [2.05, 4.69) is 311 Å². The van der Waals surface area contributed by atoms with Gasteiger partial charge in [0.2, 0.25) is 6.33 Å². The van der Waals surface area contributed by atoms with Crippen LogP contribution < -0.4 is 22.8 Å². The molecule has 382 valence electrons. The predicted octanol–water partition coefficient (Wildman–Crippen LogP) is 13.9. The Hall–Kier alpha value is -4.30. The van der Waals surface area contributed by atoms with Crippen molar-refractivity contribution in [2.24, 2.45) is 0 Å². The second-order valence-corrected chi connectivity index (χ2v) is 22.5. The van der Waals surface area contributed by atoms with Crippen molar-refractivity contribution >= 4 is 0 Å². The molecular formula is C60H108N8+6. The van der Waals surface area contributed by atoms with Crippen LogP contribution in [0.5, 0.6) is 0 Å². The number of aromatic nitrogens is 7. The molecule has 0 fully saturated rings. The molecule has 0 aliphatic heterocycles. The van der Waals surface area contributed by atoms with Gasteiger partial charge >= 0.3 is 0 Å². The van der Waals surface area contributed by atoms with E-state index in [-0.39, 0.29) is 0 Å². The van der Waals surface area contributed by atoms with Crippen molar-refractivity contribution in [2.75, 3.05) is 14.1 Å². The van der Waals surface area contributed by atoms with Gasteiger partial charge in [-0.1, -0.05) is 66.4 Å². The number of hydrogen-bond acceptors (Lipinski definition) is 1. The third kappa shape index (κ3) is 23.8. The summed E-state index contributed by atoms with van der Waals surface area (Å²) in [5.41, 5.74) is 5.52. The normalized spacial score (nSPS) is 11.5. The second-order valence-electron chi connectivity index (χ2n) is 22.5. The Kier molecular flexibility index (Phi) is 29.7. The van der Waals surface area contributed by atoms with Gasteiger partial charge in [0.05, 0.1) is 50.5 Å². The fourth-order valence-electron chi connectivity index (χ4n) is 6.39. The summed E-state index contributed by atoms with van der Waals surface area (Å²) in [6.45, 7) is 53.0. The van der Waals surface area contributed by atoms with Crippen LogP contribution in [0.1, 0.15) is 248 Å². The van der Waals surface area contributed by atoms with Crippen molar-refractivity contribution in [1.29, 1.82) is 0 Å². The predicted molar refractivity (Wildman–Crippen MR) is 290 cm³/mol. The number of nitrogens with zero attached hydrogens (tertiary/aromatic N) is 8. The Morgan fingerprint density at radius 3 is 1.26 bits per heavy atom. The molecule has 0 aliphatic rings. The monoisotopic (exact) mass is 941 g/mol. The van der Waals surface area contributed by atoms with E-state index in [1.165, 1.54) is 22.4 Å². The molecular weight excluding hydrogens is 833 g/mol. The highest BCUT2D eigenvalue weighted by molar-refractivity contribution is 5.11. The van der Waals surface area contributed by atoms with Gasteiger partial charge in [-0.05, 0) is 140 Å². The molecule has 0 N–H and O–H groups in total. The van der Waals surface area contributed by atoms with Crippen LogP contribution in [0.25, 0.3) is 0 Å². The maximum atomic E-state index is 4.19. The Morgan fingerprint density at radius 2 is 0.912 bits per heavy atom. The lowest BCUT2D eigenvalue weighted by Crippen LogP contribution is -2.50. The molecule has 5 aromatic heterocycles. The summed E-state index contributed by atoms with van der Waals surface area (Å²) >= 11 is 0. The smallest absolute Gasteiger partial charge is 0.286 e. The minimum absolute atomic E-state index is 0.496. The summed E-state index contributed by atoms with van der Waals surface area (Å²) in [6, 6.07) is 19.9. The van der Waals surface area contributed by atoms with Gasteiger partial charge < -0.3 is 4.48 Å². The summed E-state index contributed by atoms with van der Waals surface area (Å²) in [7, 11) is 4.55. The molecule has 0 amide bonds. The van der Waals surface area contributed by atoms with Crippen molar-refractivity contribution in [3.63, 3.8) is 0 Å². The molecule has 5 heterocycles. The van der Waals surface area contributed by atoms with E-state index >= 15 is 0 Å². The van der Waals surface area contributed by atoms with Crippen LogP contribution in [0, 0.1) is 0 Å². The highest BCUT2D eigenvalue weighted by Crippen LogP contribution is 2.14. The van der Waals surface area contributed by atoms with Crippen molar-refractivity contribution in [2.45, 2.75) is 238 Å². The van der Waals surface area contributed by atoms with Gasteiger partial charge in [0.15, 0.2) is 54.8 Å². The zero-order valence-electron chi connectivity index (χ0n) is 48.9. The van der Waals surface area contributed by atoms with E-state index < -0.39 is 0 Å². The van der Waals surface area contributed by atoms with Gasteiger partial charge in [-0.25, -0.2) is 27.4 Å². The zero-order chi connectivity index (χ0) is 52.6. The Bertz CT molecular complexity index is 1860. The molecule has 0 bridgehead atoms. The van der Waals surface area contributed by atoms with Gasteiger partial charge in [-0.15, -0.1) is 0 Å². The van der Waals surface area contributed by atoms with E-state index in [0.29, 0.717) is 59.9 Å². The molecule has 8 heteroatoms. The summed E-state index contributed by atoms with van der Waals surface area (Å²) in [5, 5.41) is 0. The van der Waals surface area contributed by atoms with Crippen molar-refractivity contribution in [1.82, 2.24) is 9.55 Å². The third-order valence-corrected chi connectivity index (χ3v) is 12.8. The molecule has 8 nitrogen and oxygen atoms in total. The Morgan fingerprint density at radius 1 is 0.426 bits per heavy atom. The summed E-state index contributed by atoms with van der Waals surface area (Å²) in [4.78, 5) is 4.19. The lowest BCUT2D eigenvalue weighted by molar-refractivity contribution is -0.931. The first-order valence-corrected chi connectivity index (χ1v) is 26.2. The standard InChI is InChI=1S/3C11H18N.C10H17N2.C9H17N2.C8H20N/c1-9(2)11-5-7-12(8-6-11)10(3)4;1-9(2)11-6-5-7-12(8-11)10(3)4;1-9(2)11-7-5-6-8-12(11)10(3)4;1-8(2)10-5-11-7-12(6-10)9(3)4;1-8(2)10-5-6-11(7-10)9(3)4;1-7(2)9(5,6)8(3)4/h3*5-10H,1-4H3;5-9H,1-4H3;5-9H,1-4H3;7-8H,1-6H3/q6*+1. The first kappa shape index (κ1) is 63.7. The van der Waals surface area contributed by atoms with Crippen LogP contribution in [0.3, 0.4) is 0 Å². The average Bonchev–Trinajstić information content (AvgIpc) is 3.79. The maximum absolute atomic E-state index is 4.19. The van der Waals surface area contributed by atoms with Gasteiger partial charge in [0.1, 0.15) is 18.6 Å². The number of quaternary nitrogens is 1. The van der Waals surface area contributed by atoms with Crippen LogP contribution in [-0.4, -0.2) is 40.2 Å². The maximum Gasteiger partial charge on any atom is 0.286 e. The molecule has 0 aromatic carbocycles. The third-order valence-electron chi connectivity index (χ3n) is 12.8. The SMILES string of the molecule is CC(C)[N+](C)(C)C(C)C.CC(C)c1cc[n+](C(C)C)cc1.CC(C)c1ccc[n+](C(C)C)c1.CC(C)c1cccc[n+]1C(C)C.CC(C)c1cnc[n+](C(C)C)c1.CC(C)n1cc[n+](C(C)C)c1. The molecule has 0 saturated heterocycles. The molecule has 0 spiro atoms. The van der Waals surface area contributed by atoms with E-state index in [0.717, 1.165) is 16.6 Å². The van der Waals surface area contributed by atoms with E-state index in [9.17, 15) is 0 Å². The van der Waals surface area contributed by atoms with Crippen molar-refractivity contribution in [3.8, 4) is 0 Å². The molecule has 5 aromatic rings. The summed E-state index contributed by atoms with van der Waals surface area (Å²) in [5.74, 6) is 2.42. The van der Waals surface area contributed by atoms with Crippen LogP contribution >= 0.6 is 0 Å². The van der Waals surface area contributed by atoms with E-state index in [4.69, 9.17) is 0 Å². The Labute approximate surface area is 420 Å². The molecule has 5 rings (SSSR count). The van der Waals surface area contributed by atoms with Crippen molar-refractivity contribution in [3.05, 3.63) is 133 Å². The highest BCUT2D eigenvalue weighted by atomic mass is 15.3. The first-order valence-electron chi connectivity index (χ1n) is 26.2. The van der Waals surface area contributed by atoms with Crippen LogP contribution in [-0.2, 0) is 0 Å². The molecule has 0 atom stereocenters. The van der Waals surface area contributed by atoms with Gasteiger partial charge in [-0.3, -0.25) is 0 Å². The minimum Gasteiger partial charge on any atom is -0.325 e. The topological polar surface area (TPSA) is 37.2 Å². The molecule has 0 radical (unpaired) electrons. The fraction of sp³-hybridized carbons (Fsp3) is 0.633. The lowest BCUT2D eigenvalue weighted by Gasteiger charge is -2.38. The van der Waals surface area contributed by atoms with Crippen molar-refractivity contribution < 1.29 is 27.3 Å². The molecule has 68 heavy (non-hydrogen) atoms. The van der Waals surface area contributed by atoms with Crippen LogP contribution in [0.15, 0.2) is 111 Å². The molecule has 0 aliphatic carbocycles. The number of rotatable bonds is 12. The fourth-order valence-corrected chi connectivity index (χ4v) is 6.39. The molecule has 0 saturated carbocycles. The number of imidazole rings is 1. The summed E-state index contributed by atoms with van der Waals surface area (Å²) < 4.78 is 14.4. The average molecular weight is 942 g/mol. The van der Waals surface area contributed by atoms with Crippen LogP contribution in [0.4, 0.5) is 0 Å². The summed E-state index contributed by atoms with van der Waals surface area (Å²) in [6.07, 6.45) is 23.2. The number of hydrogen-bond donors (Lipinski definition) is 0. The van der Waals surface area contributed by atoms with Gasteiger partial charge in [0.25, 0.3) is 6.33 Å². The van der Waals surface area contributed by atoms with Crippen LogP contribution in [0.2, 0.25) is 0 Å². The largest absolute Gasteiger partial charge is 0.325 e. The first-order chi connectivity index (χ1) is 31.4. The Balaban J connectivity index is 0.000000794. The van der Waals surface area contributed by atoms with E-state index in [1.54, 1.807) is 0 Å². The lowest BCUT2D eigenvalue weighted by atomic mass is 10.1. The highest BCUT2D eigenvalue weighted by Gasteiger charge is 2.23. The second kappa shape index (κ2) is 31.8. The molecule has 0 unspecified atom stereocenters. The minimum atomic E-state index is 0.496. The van der Waals surface area contributed by atoms with Gasteiger partial charge in [-0.2, -0.15) is 0 Å². The van der Waals surface area contributed by atoms with Gasteiger partial charge in [0, 0.05) is 47.4 Å². The quantitative estimate of drug-likeness (QED) is 0.0907. The number of pyridine rings is 3. The zero-order valence-corrected chi connectivity index (χ0v) is 48.9.